The second-order valence-corrected chi connectivity index (χ2v) is 8.20. The lowest BCUT2D eigenvalue weighted by Gasteiger charge is -2.48. The first-order valence-corrected chi connectivity index (χ1v) is 9.90. The highest BCUT2D eigenvalue weighted by Gasteiger charge is 2.42. The second-order valence-electron chi connectivity index (χ2n) is 7.79. The van der Waals surface area contributed by atoms with E-state index in [1.807, 2.05) is 20.8 Å². The third kappa shape index (κ3) is 4.55. The van der Waals surface area contributed by atoms with Crippen LogP contribution in [0.1, 0.15) is 29.2 Å². The number of amides is 1. The highest BCUT2D eigenvalue weighted by Crippen LogP contribution is 2.29. The van der Waals surface area contributed by atoms with Gasteiger partial charge in [-0.1, -0.05) is 23.7 Å². The normalized spacial score (nSPS) is 22.4. The highest BCUT2D eigenvalue weighted by molar-refractivity contribution is 6.30. The van der Waals surface area contributed by atoms with Gasteiger partial charge >= 0.3 is 0 Å². The van der Waals surface area contributed by atoms with Crippen LogP contribution >= 0.6 is 11.6 Å². The Kier molecular flexibility index (Phi) is 6.17. The van der Waals surface area contributed by atoms with Gasteiger partial charge in [-0.15, -0.1) is 0 Å². The van der Waals surface area contributed by atoms with Crippen molar-refractivity contribution < 1.29 is 13.9 Å². The minimum atomic E-state index is -0.863. The Morgan fingerprint density at radius 2 is 2.03 bits per heavy atom. The van der Waals surface area contributed by atoms with Gasteiger partial charge in [0.05, 0.1) is 5.02 Å². The molecule has 1 aliphatic heterocycles. The van der Waals surface area contributed by atoms with Gasteiger partial charge in [-0.2, -0.15) is 0 Å². The zero-order valence-electron chi connectivity index (χ0n) is 17.4. The summed E-state index contributed by atoms with van der Waals surface area (Å²) in [5.41, 5.74) is 5.21. The van der Waals surface area contributed by atoms with Gasteiger partial charge in [0.2, 0.25) is 0 Å². The van der Waals surface area contributed by atoms with Gasteiger partial charge in [0, 0.05) is 25.9 Å². The van der Waals surface area contributed by atoms with Crippen LogP contribution in [0.3, 0.4) is 0 Å². The fraction of sp³-hybridized carbons (Fsp3) is 0.409. The number of ether oxygens (including phenoxy) is 1. The summed E-state index contributed by atoms with van der Waals surface area (Å²) in [4.78, 5) is 14.6. The maximum atomic E-state index is 13.6. The van der Waals surface area contributed by atoms with Crippen molar-refractivity contribution in [3.63, 3.8) is 0 Å². The molecule has 0 radical (unpaired) electrons. The van der Waals surface area contributed by atoms with E-state index in [9.17, 15) is 9.18 Å². The van der Waals surface area contributed by atoms with Crippen molar-refractivity contribution in [3.05, 3.63) is 63.4 Å². The number of rotatable bonds is 5. The lowest BCUT2D eigenvalue weighted by molar-refractivity contribution is -0.145. The van der Waals surface area contributed by atoms with E-state index in [4.69, 9.17) is 16.3 Å². The van der Waals surface area contributed by atoms with Crippen LogP contribution in [-0.2, 0) is 16.1 Å². The lowest BCUT2D eigenvalue weighted by atomic mass is 10.0. The van der Waals surface area contributed by atoms with Gasteiger partial charge in [0.15, 0.2) is 5.79 Å². The first-order chi connectivity index (χ1) is 13.6. The predicted octanol–water partition coefficient (Wildman–Crippen LogP) is 4.14. The van der Waals surface area contributed by atoms with Gasteiger partial charge in [0.1, 0.15) is 11.9 Å². The number of aryl methyl sites for hydroxylation is 2. The van der Waals surface area contributed by atoms with Crippen molar-refractivity contribution >= 4 is 23.2 Å². The molecule has 7 heteroatoms. The largest absolute Gasteiger partial charge is 0.370 e. The van der Waals surface area contributed by atoms with Crippen LogP contribution in [0.25, 0.3) is 0 Å². The van der Waals surface area contributed by atoms with E-state index in [-0.39, 0.29) is 10.9 Å². The van der Waals surface area contributed by atoms with Gasteiger partial charge in [0.25, 0.3) is 5.91 Å². The molecule has 1 amide bonds. The van der Waals surface area contributed by atoms with Crippen LogP contribution in [-0.4, -0.2) is 36.4 Å². The van der Waals surface area contributed by atoms with Gasteiger partial charge in [-0.3, -0.25) is 9.69 Å². The monoisotopic (exact) mass is 419 g/mol. The number of nitrogens with one attached hydrogen (secondary N) is 2. The molecule has 0 aromatic heterocycles. The summed E-state index contributed by atoms with van der Waals surface area (Å²) in [5, 5.41) is 6.63. The van der Waals surface area contributed by atoms with E-state index in [0.717, 1.165) is 22.4 Å². The van der Waals surface area contributed by atoms with Crippen LogP contribution in [0.15, 0.2) is 30.3 Å². The van der Waals surface area contributed by atoms with Gasteiger partial charge in [-0.25, -0.2) is 4.39 Å². The summed E-state index contributed by atoms with van der Waals surface area (Å²) in [6.07, 6.45) is -0.596. The molecule has 29 heavy (non-hydrogen) atoms. The van der Waals surface area contributed by atoms with Crippen LogP contribution < -0.4 is 10.6 Å². The molecule has 2 unspecified atom stereocenters. The quantitative estimate of drug-likeness (QED) is 0.764. The molecule has 3 rings (SSSR count). The summed E-state index contributed by atoms with van der Waals surface area (Å²) in [5.74, 6) is -1.50. The first-order valence-electron chi connectivity index (χ1n) is 9.53. The van der Waals surface area contributed by atoms with Crippen LogP contribution in [0.2, 0.25) is 5.02 Å². The summed E-state index contributed by atoms with van der Waals surface area (Å²) in [7, 11) is 1.52. The van der Waals surface area contributed by atoms with Crippen LogP contribution in [0.4, 0.5) is 10.1 Å². The van der Waals surface area contributed by atoms with Crippen LogP contribution in [0, 0.1) is 26.6 Å². The smallest absolute Gasteiger partial charge is 0.253 e. The second kappa shape index (κ2) is 8.30. The number of methoxy groups -OCH3 is 1. The average molecular weight is 420 g/mol. The molecule has 2 aromatic rings. The molecule has 1 aliphatic rings. The molecule has 2 N–H and O–H groups in total. The minimum absolute atomic E-state index is 0.0756. The zero-order valence-corrected chi connectivity index (χ0v) is 18.2. The Morgan fingerprint density at radius 1 is 1.31 bits per heavy atom. The molecular weight excluding hydrogens is 393 g/mol. The molecule has 0 aliphatic carbocycles. The highest BCUT2D eigenvalue weighted by atomic mass is 35.5. The third-order valence-corrected chi connectivity index (χ3v) is 5.80. The van der Waals surface area contributed by atoms with E-state index in [1.165, 1.54) is 18.7 Å². The molecule has 1 fully saturated rings. The Balaban J connectivity index is 1.95. The van der Waals surface area contributed by atoms with E-state index < -0.39 is 17.7 Å². The third-order valence-electron chi connectivity index (χ3n) is 5.51. The summed E-state index contributed by atoms with van der Waals surface area (Å²) in [6.45, 7) is 8.90. The maximum Gasteiger partial charge on any atom is 0.253 e. The standard InChI is InChI=1S/C22H27ClFN3O2/c1-13-8-14(2)15(3)19(9-13)25-22(4)26-21(28)20(29-5)12-27(22)11-16-6-7-18(24)17(23)10-16/h6-10,20,25H,11-12H2,1-5H3,(H,26,28). The first kappa shape index (κ1) is 21.6. The van der Waals surface area contributed by atoms with Gasteiger partial charge in [-0.05, 0) is 68.1 Å². The summed E-state index contributed by atoms with van der Waals surface area (Å²) < 4.78 is 18.9. The molecule has 2 atom stereocenters. The SMILES string of the molecule is COC1CN(Cc2ccc(F)c(Cl)c2)C(C)(Nc2cc(C)cc(C)c2C)NC1=O. The number of carbonyl (C=O) groups is 1. The topological polar surface area (TPSA) is 53.6 Å². The number of hydrogen-bond acceptors (Lipinski definition) is 4. The zero-order chi connectivity index (χ0) is 21.3. The molecule has 5 nitrogen and oxygen atoms in total. The van der Waals surface area contributed by atoms with Crippen molar-refractivity contribution in [2.24, 2.45) is 0 Å². The van der Waals surface area contributed by atoms with E-state index >= 15 is 0 Å². The molecular formula is C22H27ClFN3O2. The number of halogens is 2. The average Bonchev–Trinajstić information content (AvgIpc) is 2.64. The van der Waals surface area contributed by atoms with Crippen molar-refractivity contribution in [1.82, 2.24) is 10.2 Å². The maximum absolute atomic E-state index is 13.6. The molecule has 1 heterocycles. The summed E-state index contributed by atoms with van der Waals surface area (Å²) in [6, 6.07) is 8.85. The number of anilines is 1. The predicted molar refractivity (Wildman–Crippen MR) is 113 cm³/mol. The molecule has 0 spiro atoms. The van der Waals surface area contributed by atoms with Crippen molar-refractivity contribution in [2.75, 3.05) is 19.0 Å². The van der Waals surface area contributed by atoms with E-state index in [0.29, 0.717) is 13.1 Å². The lowest BCUT2D eigenvalue weighted by Crippen LogP contribution is -2.71. The molecule has 156 valence electrons. The molecule has 2 aromatic carbocycles. The molecule has 1 saturated heterocycles. The minimum Gasteiger partial charge on any atom is -0.370 e. The van der Waals surface area contributed by atoms with Crippen molar-refractivity contribution in [1.29, 1.82) is 0 Å². The van der Waals surface area contributed by atoms with Crippen LogP contribution in [0.5, 0.6) is 0 Å². The fourth-order valence-corrected chi connectivity index (χ4v) is 3.87. The Morgan fingerprint density at radius 3 is 2.69 bits per heavy atom. The van der Waals surface area contributed by atoms with Crippen molar-refractivity contribution in [3.8, 4) is 0 Å². The Labute approximate surface area is 176 Å². The molecule has 0 bridgehead atoms. The molecule has 0 saturated carbocycles. The Hall–Kier alpha value is -2.15. The Bertz CT molecular complexity index is 937. The summed E-state index contributed by atoms with van der Waals surface area (Å²) >= 11 is 5.96. The number of nitrogens with zero attached hydrogens (tertiary/aromatic N) is 1. The number of hydrogen-bond donors (Lipinski definition) is 2. The van der Waals surface area contributed by atoms with Crippen molar-refractivity contribution in [2.45, 2.75) is 46.1 Å². The van der Waals surface area contributed by atoms with E-state index in [1.54, 1.807) is 12.1 Å². The van der Waals surface area contributed by atoms with Gasteiger partial charge < -0.3 is 15.4 Å². The fourth-order valence-electron chi connectivity index (χ4n) is 3.67. The van der Waals surface area contributed by atoms with E-state index in [2.05, 4.69) is 34.6 Å². The number of carbonyl (C=O) groups excluding carboxylic acids is 1. The number of benzene rings is 2.